The Bertz CT molecular complexity index is 409. The zero-order valence-corrected chi connectivity index (χ0v) is 11.1. The minimum atomic E-state index is 0. The first-order chi connectivity index (χ1) is 7.74. The van der Waals surface area contributed by atoms with Gasteiger partial charge in [0.1, 0.15) is 0 Å². The van der Waals surface area contributed by atoms with Crippen LogP contribution in [-0.4, -0.2) is 19.0 Å². The molecule has 1 amide bonds. The Morgan fingerprint density at radius 3 is 2.94 bits per heavy atom. The van der Waals surface area contributed by atoms with E-state index in [9.17, 15) is 4.79 Å². The van der Waals surface area contributed by atoms with E-state index >= 15 is 0 Å². The Balaban J connectivity index is 0.00000144. The predicted octanol–water partition coefficient (Wildman–Crippen LogP) is 2.39. The van der Waals surface area contributed by atoms with Gasteiger partial charge >= 0.3 is 0 Å². The maximum Gasteiger partial charge on any atom is 0.227 e. The smallest absolute Gasteiger partial charge is 0.227 e. The second kappa shape index (κ2) is 6.24. The number of rotatable bonds is 3. The molecule has 0 aromatic heterocycles. The molecular formula is C12H16Cl2N2O. The fraction of sp³-hybridized carbons (Fsp3) is 0.417. The number of carbonyl (C=O) groups is 1. The molecule has 17 heavy (non-hydrogen) atoms. The maximum atomic E-state index is 11.9. The number of nitrogens with two attached hydrogens (primary N) is 1. The molecule has 0 atom stereocenters. The molecule has 2 rings (SSSR count). The number of hydrogen-bond acceptors (Lipinski definition) is 2. The van der Waals surface area contributed by atoms with Crippen LogP contribution in [-0.2, 0) is 11.2 Å². The van der Waals surface area contributed by atoms with Crippen molar-refractivity contribution in [2.24, 2.45) is 5.73 Å². The molecule has 94 valence electrons. The van der Waals surface area contributed by atoms with Gasteiger partial charge in [0.05, 0.1) is 0 Å². The van der Waals surface area contributed by atoms with Gasteiger partial charge in [-0.1, -0.05) is 17.7 Å². The topological polar surface area (TPSA) is 46.3 Å². The average molecular weight is 275 g/mol. The van der Waals surface area contributed by atoms with Gasteiger partial charge in [0.15, 0.2) is 0 Å². The van der Waals surface area contributed by atoms with E-state index in [0.717, 1.165) is 35.7 Å². The molecule has 0 saturated carbocycles. The van der Waals surface area contributed by atoms with Gasteiger partial charge in [-0.2, -0.15) is 0 Å². The fourth-order valence-corrected chi connectivity index (χ4v) is 2.30. The number of halogens is 2. The summed E-state index contributed by atoms with van der Waals surface area (Å²) in [4.78, 5) is 13.7. The van der Waals surface area contributed by atoms with Crippen LogP contribution in [0.4, 0.5) is 5.69 Å². The van der Waals surface area contributed by atoms with Crippen molar-refractivity contribution in [1.82, 2.24) is 0 Å². The molecule has 0 fully saturated rings. The van der Waals surface area contributed by atoms with Crippen molar-refractivity contribution in [3.63, 3.8) is 0 Å². The molecule has 3 nitrogen and oxygen atoms in total. The van der Waals surface area contributed by atoms with Crippen molar-refractivity contribution in [3.8, 4) is 0 Å². The summed E-state index contributed by atoms with van der Waals surface area (Å²) in [5.41, 5.74) is 7.46. The lowest BCUT2D eigenvalue weighted by Crippen LogP contribution is -2.29. The third-order valence-electron chi connectivity index (χ3n) is 2.87. The summed E-state index contributed by atoms with van der Waals surface area (Å²) in [6, 6.07) is 5.71. The number of carbonyl (C=O) groups excluding carboxylic acids is 1. The summed E-state index contributed by atoms with van der Waals surface area (Å²) in [5.74, 6) is 0.145. The lowest BCUT2D eigenvalue weighted by molar-refractivity contribution is -0.118. The van der Waals surface area contributed by atoms with Crippen molar-refractivity contribution in [1.29, 1.82) is 0 Å². The van der Waals surface area contributed by atoms with Gasteiger partial charge in [-0.3, -0.25) is 4.79 Å². The van der Waals surface area contributed by atoms with Crippen LogP contribution in [0.25, 0.3) is 0 Å². The molecule has 1 aromatic rings. The Kier molecular flexibility index (Phi) is 5.25. The lowest BCUT2D eigenvalue weighted by Gasteiger charge is -2.17. The number of nitrogens with zero attached hydrogens (tertiary/aromatic N) is 1. The minimum absolute atomic E-state index is 0. The zero-order chi connectivity index (χ0) is 11.5. The molecule has 0 saturated heterocycles. The quantitative estimate of drug-likeness (QED) is 0.920. The molecule has 5 heteroatoms. The zero-order valence-electron chi connectivity index (χ0n) is 9.49. The van der Waals surface area contributed by atoms with E-state index < -0.39 is 0 Å². The van der Waals surface area contributed by atoms with Crippen molar-refractivity contribution < 1.29 is 4.79 Å². The Morgan fingerprint density at radius 2 is 2.24 bits per heavy atom. The van der Waals surface area contributed by atoms with Crippen LogP contribution in [0, 0.1) is 0 Å². The van der Waals surface area contributed by atoms with Crippen molar-refractivity contribution in [2.75, 3.05) is 18.0 Å². The van der Waals surface area contributed by atoms with E-state index in [1.807, 2.05) is 23.1 Å². The van der Waals surface area contributed by atoms with Gasteiger partial charge in [-0.05, 0) is 37.1 Å². The number of benzene rings is 1. The summed E-state index contributed by atoms with van der Waals surface area (Å²) in [7, 11) is 0. The van der Waals surface area contributed by atoms with Crippen LogP contribution in [0.5, 0.6) is 0 Å². The summed E-state index contributed by atoms with van der Waals surface area (Å²) in [6.45, 7) is 1.30. The Morgan fingerprint density at radius 1 is 1.47 bits per heavy atom. The van der Waals surface area contributed by atoms with E-state index in [-0.39, 0.29) is 18.3 Å². The lowest BCUT2D eigenvalue weighted by atomic mass is 10.2. The number of hydrogen-bond donors (Lipinski definition) is 1. The molecule has 1 aromatic carbocycles. The Hall–Kier alpha value is -0.770. The van der Waals surface area contributed by atoms with Crippen molar-refractivity contribution in [3.05, 3.63) is 28.8 Å². The van der Waals surface area contributed by atoms with E-state index in [4.69, 9.17) is 17.3 Å². The van der Waals surface area contributed by atoms with Gasteiger partial charge < -0.3 is 10.6 Å². The van der Waals surface area contributed by atoms with Crippen molar-refractivity contribution >= 4 is 35.6 Å². The first kappa shape index (κ1) is 14.3. The molecule has 0 aliphatic carbocycles. The van der Waals surface area contributed by atoms with Crippen LogP contribution in [0.15, 0.2) is 18.2 Å². The molecule has 1 aliphatic heterocycles. The normalized spacial score (nSPS) is 13.2. The first-order valence-corrected chi connectivity index (χ1v) is 5.89. The molecule has 0 radical (unpaired) electrons. The summed E-state index contributed by atoms with van der Waals surface area (Å²) in [6.07, 6.45) is 2.11. The highest BCUT2D eigenvalue weighted by molar-refractivity contribution is 6.32. The highest BCUT2D eigenvalue weighted by Gasteiger charge is 2.25. The standard InChI is InChI=1S/C12H15ClN2O.ClH/c13-10-3-1-4-11-9(10)6-8-15(11)12(16)5-2-7-14;/h1,3-4H,2,5-8,14H2;1H. The first-order valence-electron chi connectivity index (χ1n) is 5.52. The largest absolute Gasteiger partial charge is 0.330 e. The number of anilines is 1. The van der Waals surface area contributed by atoms with E-state index in [0.29, 0.717) is 13.0 Å². The molecule has 0 bridgehead atoms. The Labute approximate surface area is 112 Å². The number of fused-ring (bicyclic) bond motifs is 1. The summed E-state index contributed by atoms with van der Waals surface area (Å²) < 4.78 is 0. The molecule has 0 spiro atoms. The van der Waals surface area contributed by atoms with Crippen LogP contribution >= 0.6 is 24.0 Å². The monoisotopic (exact) mass is 274 g/mol. The molecule has 2 N–H and O–H groups in total. The average Bonchev–Trinajstić information content (AvgIpc) is 2.71. The second-order valence-electron chi connectivity index (χ2n) is 3.93. The fourth-order valence-electron chi connectivity index (χ4n) is 2.04. The van der Waals surface area contributed by atoms with Gasteiger partial charge in [0.25, 0.3) is 0 Å². The van der Waals surface area contributed by atoms with Gasteiger partial charge in [-0.15, -0.1) is 12.4 Å². The molecule has 1 heterocycles. The second-order valence-corrected chi connectivity index (χ2v) is 4.33. The van der Waals surface area contributed by atoms with E-state index in [1.165, 1.54) is 0 Å². The number of amides is 1. The molecule has 1 aliphatic rings. The summed E-state index contributed by atoms with van der Waals surface area (Å²) in [5, 5.41) is 0.756. The third kappa shape index (κ3) is 2.92. The minimum Gasteiger partial charge on any atom is -0.330 e. The third-order valence-corrected chi connectivity index (χ3v) is 3.22. The SMILES string of the molecule is Cl.NCCCC(=O)N1CCc2c(Cl)cccc21. The van der Waals surface area contributed by atoms with Crippen molar-refractivity contribution in [2.45, 2.75) is 19.3 Å². The highest BCUT2D eigenvalue weighted by Crippen LogP contribution is 2.33. The van der Waals surface area contributed by atoms with E-state index in [1.54, 1.807) is 0 Å². The predicted molar refractivity (Wildman–Crippen MR) is 73.0 cm³/mol. The van der Waals surface area contributed by atoms with Gasteiger partial charge in [-0.25, -0.2) is 0 Å². The van der Waals surface area contributed by atoms with Gasteiger partial charge in [0, 0.05) is 23.7 Å². The van der Waals surface area contributed by atoms with Gasteiger partial charge in [0.2, 0.25) is 5.91 Å². The van der Waals surface area contributed by atoms with Crippen LogP contribution in [0.1, 0.15) is 18.4 Å². The van der Waals surface area contributed by atoms with Crippen LogP contribution in [0.2, 0.25) is 5.02 Å². The maximum absolute atomic E-state index is 11.9. The molecular weight excluding hydrogens is 259 g/mol. The summed E-state index contributed by atoms with van der Waals surface area (Å²) >= 11 is 6.09. The van der Waals surface area contributed by atoms with Crippen LogP contribution in [0.3, 0.4) is 0 Å². The highest BCUT2D eigenvalue weighted by atomic mass is 35.5. The van der Waals surface area contributed by atoms with Crippen LogP contribution < -0.4 is 10.6 Å². The molecule has 0 unspecified atom stereocenters. The van der Waals surface area contributed by atoms with E-state index in [2.05, 4.69) is 0 Å².